The number of carbonyl (C=O) groups excluding carboxylic acids is 2. The van der Waals surface area contributed by atoms with Crippen LogP contribution in [-0.2, 0) is 4.79 Å². The number of pyridine rings is 1. The fourth-order valence-electron chi connectivity index (χ4n) is 0.839. The number of hydrogen-bond acceptors (Lipinski definition) is 4. The fraction of sp³-hybridized carbons (Fsp3) is 0.111. The van der Waals surface area contributed by atoms with E-state index in [9.17, 15) is 9.59 Å². The molecule has 13 heavy (non-hydrogen) atoms. The van der Waals surface area contributed by atoms with E-state index in [1.165, 1.54) is 18.5 Å². The summed E-state index contributed by atoms with van der Waals surface area (Å²) in [7, 11) is 0. The molecule has 64 valence electrons. The molecule has 0 aromatic carbocycles. The van der Waals surface area contributed by atoms with Crippen LogP contribution in [0.2, 0.25) is 0 Å². The lowest BCUT2D eigenvalue weighted by Gasteiger charge is -1.98. The Morgan fingerprint density at radius 3 is 2.92 bits per heavy atom. The average Bonchev–Trinajstić information content (AvgIpc) is 2.21. The van der Waals surface area contributed by atoms with Gasteiger partial charge in [-0.05, 0) is 12.1 Å². The molecular weight excluding hydrogens is 168 g/mol. The molecule has 1 heterocycles. The summed E-state index contributed by atoms with van der Waals surface area (Å²) in [4.78, 5) is 25.3. The van der Waals surface area contributed by atoms with Gasteiger partial charge >= 0.3 is 0 Å². The number of ketones is 1. The fourth-order valence-corrected chi connectivity index (χ4v) is 0.839. The van der Waals surface area contributed by atoms with Crippen LogP contribution in [0.4, 0.5) is 0 Å². The number of nitriles is 1. The Morgan fingerprint density at radius 2 is 2.46 bits per heavy atom. The van der Waals surface area contributed by atoms with Crippen LogP contribution in [0.5, 0.6) is 0 Å². The molecule has 1 aromatic heterocycles. The van der Waals surface area contributed by atoms with E-state index in [1.54, 1.807) is 12.1 Å². The summed E-state index contributed by atoms with van der Waals surface area (Å²) < 4.78 is 0. The number of carbonyl (C=O) groups is 2. The van der Waals surface area contributed by atoms with Crippen LogP contribution in [0, 0.1) is 17.2 Å². The molecule has 4 heteroatoms. The quantitative estimate of drug-likeness (QED) is 0.382. The average molecular weight is 174 g/mol. The second-order valence-corrected chi connectivity index (χ2v) is 2.35. The number of nitrogens with zero attached hydrogens (tertiary/aromatic N) is 2. The topological polar surface area (TPSA) is 70.8 Å². The zero-order valence-corrected chi connectivity index (χ0v) is 6.68. The van der Waals surface area contributed by atoms with Gasteiger partial charge in [-0.1, -0.05) is 0 Å². The number of aromatic nitrogens is 1. The zero-order valence-electron chi connectivity index (χ0n) is 6.68. The lowest BCUT2D eigenvalue weighted by molar-refractivity contribution is -0.108. The summed E-state index contributed by atoms with van der Waals surface area (Å²) in [6, 6.07) is 4.70. The molecular formula is C9H6N2O2. The maximum absolute atomic E-state index is 11.3. The molecule has 0 saturated carbocycles. The minimum absolute atomic E-state index is 0.279. The third kappa shape index (κ3) is 1.97. The molecule has 1 rings (SSSR count). The van der Waals surface area contributed by atoms with Gasteiger partial charge in [0.05, 0.1) is 6.07 Å². The van der Waals surface area contributed by atoms with E-state index in [4.69, 9.17) is 5.26 Å². The highest BCUT2D eigenvalue weighted by molar-refractivity contribution is 6.06. The smallest absolute Gasteiger partial charge is 0.188 e. The highest BCUT2D eigenvalue weighted by atomic mass is 16.1. The normalized spacial score (nSPS) is 11.3. The van der Waals surface area contributed by atoms with Gasteiger partial charge < -0.3 is 4.79 Å². The molecule has 0 aliphatic carbocycles. The van der Waals surface area contributed by atoms with Gasteiger partial charge in [0.1, 0.15) is 6.29 Å². The predicted octanol–water partition coefficient (Wildman–Crippen LogP) is 0.603. The summed E-state index contributed by atoms with van der Waals surface area (Å²) in [6.45, 7) is 0. The Hall–Kier alpha value is -2.02. The standard InChI is InChI=1S/C9H6N2O2/c10-4-8(6-12)9(13)7-2-1-3-11-5-7/h1-3,5-6,8H. The predicted molar refractivity (Wildman–Crippen MR) is 43.7 cm³/mol. The molecule has 1 aromatic rings. The van der Waals surface area contributed by atoms with Gasteiger partial charge in [-0.2, -0.15) is 5.26 Å². The van der Waals surface area contributed by atoms with Gasteiger partial charge in [-0.3, -0.25) is 9.78 Å². The molecule has 1 unspecified atom stereocenters. The summed E-state index contributed by atoms with van der Waals surface area (Å²) in [5, 5.41) is 8.44. The monoisotopic (exact) mass is 174 g/mol. The summed E-state index contributed by atoms with van der Waals surface area (Å²) >= 11 is 0. The van der Waals surface area contributed by atoms with E-state index < -0.39 is 11.7 Å². The number of Topliss-reactive ketones (excluding diaryl/α,β-unsaturated/α-hetero) is 1. The van der Waals surface area contributed by atoms with Crippen LogP contribution in [0.15, 0.2) is 24.5 Å². The Balaban J connectivity index is 2.93. The van der Waals surface area contributed by atoms with Crippen LogP contribution >= 0.6 is 0 Å². The SMILES string of the molecule is N#CC(C=O)C(=O)c1cccnc1. The molecule has 0 fully saturated rings. The van der Waals surface area contributed by atoms with Gasteiger partial charge in [0.2, 0.25) is 0 Å². The van der Waals surface area contributed by atoms with Crippen molar-refractivity contribution in [1.29, 1.82) is 5.26 Å². The Bertz CT molecular complexity index is 354. The Labute approximate surface area is 74.8 Å². The van der Waals surface area contributed by atoms with Crippen molar-refractivity contribution in [2.45, 2.75) is 0 Å². The highest BCUT2D eigenvalue weighted by Crippen LogP contribution is 2.04. The van der Waals surface area contributed by atoms with Gasteiger partial charge in [-0.25, -0.2) is 0 Å². The third-order valence-corrected chi connectivity index (χ3v) is 1.50. The molecule has 0 amide bonds. The first-order valence-corrected chi connectivity index (χ1v) is 3.58. The van der Waals surface area contributed by atoms with Crippen molar-refractivity contribution in [2.24, 2.45) is 5.92 Å². The minimum atomic E-state index is -1.22. The van der Waals surface area contributed by atoms with E-state index in [0.29, 0.717) is 6.29 Å². The Kier molecular flexibility index (Phi) is 2.87. The van der Waals surface area contributed by atoms with E-state index >= 15 is 0 Å². The number of rotatable bonds is 3. The summed E-state index contributed by atoms with van der Waals surface area (Å²) in [6.07, 6.45) is 3.17. The molecule has 0 spiro atoms. The van der Waals surface area contributed by atoms with Crippen molar-refractivity contribution in [3.63, 3.8) is 0 Å². The molecule has 0 aliphatic heterocycles. The van der Waals surface area contributed by atoms with Crippen molar-refractivity contribution in [3.8, 4) is 6.07 Å². The molecule has 0 saturated heterocycles. The van der Waals surface area contributed by atoms with Gasteiger partial charge in [0, 0.05) is 18.0 Å². The number of hydrogen-bond donors (Lipinski definition) is 0. The molecule has 0 N–H and O–H groups in total. The Morgan fingerprint density at radius 1 is 1.69 bits per heavy atom. The molecule has 0 aliphatic rings. The summed E-state index contributed by atoms with van der Waals surface area (Å²) in [5.41, 5.74) is 0.279. The van der Waals surface area contributed by atoms with Gasteiger partial charge in [0.25, 0.3) is 0 Å². The van der Waals surface area contributed by atoms with E-state index in [2.05, 4.69) is 4.98 Å². The molecule has 0 radical (unpaired) electrons. The minimum Gasteiger partial charge on any atom is -0.301 e. The first-order chi connectivity index (χ1) is 6.29. The van der Waals surface area contributed by atoms with E-state index in [1.807, 2.05) is 0 Å². The van der Waals surface area contributed by atoms with Crippen molar-refractivity contribution in [3.05, 3.63) is 30.1 Å². The number of aldehydes is 1. The summed E-state index contributed by atoms with van der Waals surface area (Å²) in [5.74, 6) is -1.73. The maximum atomic E-state index is 11.3. The van der Waals surface area contributed by atoms with Crippen molar-refractivity contribution in [1.82, 2.24) is 4.98 Å². The van der Waals surface area contributed by atoms with Gasteiger partial charge in [0.15, 0.2) is 11.7 Å². The van der Waals surface area contributed by atoms with Crippen molar-refractivity contribution in [2.75, 3.05) is 0 Å². The molecule has 4 nitrogen and oxygen atoms in total. The second kappa shape index (κ2) is 4.12. The molecule has 0 bridgehead atoms. The van der Waals surface area contributed by atoms with Crippen LogP contribution in [-0.4, -0.2) is 17.1 Å². The van der Waals surface area contributed by atoms with Crippen LogP contribution in [0.3, 0.4) is 0 Å². The largest absolute Gasteiger partial charge is 0.301 e. The van der Waals surface area contributed by atoms with Crippen LogP contribution in [0.1, 0.15) is 10.4 Å². The highest BCUT2D eigenvalue weighted by Gasteiger charge is 2.18. The van der Waals surface area contributed by atoms with E-state index in [-0.39, 0.29) is 5.56 Å². The lowest BCUT2D eigenvalue weighted by atomic mass is 10.0. The zero-order chi connectivity index (χ0) is 9.68. The third-order valence-electron chi connectivity index (χ3n) is 1.50. The van der Waals surface area contributed by atoms with Crippen molar-refractivity contribution < 1.29 is 9.59 Å². The second-order valence-electron chi connectivity index (χ2n) is 2.35. The van der Waals surface area contributed by atoms with Crippen LogP contribution < -0.4 is 0 Å². The maximum Gasteiger partial charge on any atom is 0.188 e. The van der Waals surface area contributed by atoms with Gasteiger partial charge in [-0.15, -0.1) is 0 Å². The first-order valence-electron chi connectivity index (χ1n) is 3.58. The molecule has 1 atom stereocenters. The van der Waals surface area contributed by atoms with Crippen LogP contribution in [0.25, 0.3) is 0 Å². The first kappa shape index (κ1) is 9.07. The van der Waals surface area contributed by atoms with E-state index in [0.717, 1.165) is 0 Å². The van der Waals surface area contributed by atoms with Crippen molar-refractivity contribution >= 4 is 12.1 Å². The lowest BCUT2D eigenvalue weighted by Crippen LogP contribution is -2.14.